The van der Waals surface area contributed by atoms with E-state index in [4.69, 9.17) is 4.74 Å². The number of nitrogens with zero attached hydrogens (tertiary/aromatic N) is 3. The molecule has 0 spiro atoms. The zero-order chi connectivity index (χ0) is 24.6. The molecule has 1 atom stereocenters. The fourth-order valence-corrected chi connectivity index (χ4v) is 4.94. The average molecular weight is 489 g/mol. The van der Waals surface area contributed by atoms with Gasteiger partial charge in [-0.1, -0.05) is 18.2 Å². The lowest BCUT2D eigenvalue weighted by atomic mass is 10.1. The summed E-state index contributed by atoms with van der Waals surface area (Å²) in [7, 11) is 0. The van der Waals surface area contributed by atoms with Crippen LogP contribution in [0.15, 0.2) is 42.5 Å². The number of rotatable bonds is 6. The third-order valence-corrected chi connectivity index (χ3v) is 6.66. The van der Waals surface area contributed by atoms with Crippen molar-refractivity contribution in [3.8, 4) is 5.75 Å². The van der Waals surface area contributed by atoms with Gasteiger partial charge in [-0.3, -0.25) is 19.4 Å². The van der Waals surface area contributed by atoms with Crippen LogP contribution in [0, 0.1) is 0 Å². The van der Waals surface area contributed by atoms with E-state index in [0.717, 1.165) is 24.1 Å². The van der Waals surface area contributed by atoms with Crippen LogP contribution in [0.3, 0.4) is 0 Å². The number of benzene rings is 2. The molecule has 2 fully saturated rings. The van der Waals surface area contributed by atoms with Gasteiger partial charge < -0.3 is 14.4 Å². The zero-order valence-corrected chi connectivity index (χ0v) is 19.1. The predicted molar refractivity (Wildman–Crippen MR) is 121 cm³/mol. The number of imide groups is 1. The molecule has 0 bridgehead atoms. The van der Waals surface area contributed by atoms with Gasteiger partial charge in [0.2, 0.25) is 0 Å². The molecule has 5 rings (SSSR count). The molecule has 2 aromatic rings. The summed E-state index contributed by atoms with van der Waals surface area (Å²) in [5.41, 5.74) is 2.56. The molecule has 0 aromatic heterocycles. The number of hydrogen-bond donors (Lipinski definition) is 0. The molecule has 2 saturated heterocycles. The number of hydrogen-bond acceptors (Lipinski definition) is 6. The van der Waals surface area contributed by atoms with E-state index in [-0.39, 0.29) is 30.2 Å². The SMILES string of the molecule is O=C1c2cccc(N3CCN(Cc4ccc(OC(F)(F)F)cc4)CC3)c2C(=O)N1C[C@@H]1CCCO1. The third-order valence-electron chi connectivity index (χ3n) is 6.66. The minimum Gasteiger partial charge on any atom is -0.406 e. The van der Waals surface area contributed by atoms with Gasteiger partial charge in [0.15, 0.2) is 0 Å². The highest BCUT2D eigenvalue weighted by Gasteiger charge is 2.40. The molecule has 2 amide bonds. The van der Waals surface area contributed by atoms with Gasteiger partial charge in [0, 0.05) is 39.3 Å². The number of carbonyl (C=O) groups is 2. The maximum Gasteiger partial charge on any atom is 0.573 e. The van der Waals surface area contributed by atoms with Crippen LogP contribution in [-0.2, 0) is 11.3 Å². The number of ether oxygens (including phenoxy) is 2. The summed E-state index contributed by atoms with van der Waals surface area (Å²) in [6, 6.07) is 11.3. The lowest BCUT2D eigenvalue weighted by Gasteiger charge is -2.36. The Morgan fingerprint density at radius 3 is 2.37 bits per heavy atom. The van der Waals surface area contributed by atoms with Crippen LogP contribution in [0.5, 0.6) is 5.75 Å². The van der Waals surface area contributed by atoms with E-state index in [1.54, 1.807) is 18.2 Å². The van der Waals surface area contributed by atoms with E-state index in [0.29, 0.717) is 50.5 Å². The van der Waals surface area contributed by atoms with Crippen molar-refractivity contribution in [3.05, 3.63) is 59.2 Å². The number of halogens is 3. The molecular formula is C25H26F3N3O4. The van der Waals surface area contributed by atoms with Crippen LogP contribution in [0.2, 0.25) is 0 Å². The summed E-state index contributed by atoms with van der Waals surface area (Å²) in [4.78, 5) is 31.8. The van der Waals surface area contributed by atoms with E-state index >= 15 is 0 Å². The second-order valence-electron chi connectivity index (χ2n) is 9.01. The molecule has 7 nitrogen and oxygen atoms in total. The van der Waals surface area contributed by atoms with Crippen LogP contribution < -0.4 is 9.64 Å². The number of alkyl halides is 3. The maximum absolute atomic E-state index is 13.2. The number of carbonyl (C=O) groups excluding carboxylic acids is 2. The number of fused-ring (bicyclic) bond motifs is 1. The van der Waals surface area contributed by atoms with Crippen molar-refractivity contribution >= 4 is 17.5 Å². The molecule has 0 aliphatic carbocycles. The standard InChI is InChI=1S/C25H26F3N3O4/c26-25(27,28)35-18-8-6-17(7-9-18)15-29-10-12-30(13-11-29)21-5-1-4-20-22(21)24(33)31(23(20)32)16-19-3-2-14-34-19/h1,4-9,19H,2-3,10-16H2/t19-/m0/s1. The molecule has 186 valence electrons. The predicted octanol–water partition coefficient (Wildman–Crippen LogP) is 3.68. The summed E-state index contributed by atoms with van der Waals surface area (Å²) in [6.07, 6.45) is -3.02. The van der Waals surface area contributed by atoms with Gasteiger partial charge in [0.1, 0.15) is 5.75 Å². The summed E-state index contributed by atoms with van der Waals surface area (Å²) in [5.74, 6) is -0.768. The van der Waals surface area contributed by atoms with Crippen molar-refractivity contribution in [3.63, 3.8) is 0 Å². The number of anilines is 1. The molecule has 0 saturated carbocycles. The van der Waals surface area contributed by atoms with Gasteiger partial charge in [0.25, 0.3) is 11.8 Å². The summed E-state index contributed by atoms with van der Waals surface area (Å²) < 4.78 is 46.6. The van der Waals surface area contributed by atoms with Gasteiger partial charge >= 0.3 is 6.36 Å². The topological polar surface area (TPSA) is 62.3 Å². The molecule has 10 heteroatoms. The van der Waals surface area contributed by atoms with E-state index in [9.17, 15) is 22.8 Å². The lowest BCUT2D eigenvalue weighted by molar-refractivity contribution is -0.274. The Morgan fingerprint density at radius 1 is 0.971 bits per heavy atom. The number of piperazine rings is 1. The average Bonchev–Trinajstić information content (AvgIpc) is 3.43. The van der Waals surface area contributed by atoms with Gasteiger partial charge in [-0.25, -0.2) is 0 Å². The van der Waals surface area contributed by atoms with Crippen molar-refractivity contribution in [2.24, 2.45) is 0 Å². The Morgan fingerprint density at radius 2 is 1.71 bits per heavy atom. The summed E-state index contributed by atoms with van der Waals surface area (Å²) in [6.45, 7) is 4.30. The van der Waals surface area contributed by atoms with Gasteiger partial charge in [-0.15, -0.1) is 13.2 Å². The largest absolute Gasteiger partial charge is 0.573 e. The van der Waals surface area contributed by atoms with E-state index in [1.807, 2.05) is 12.1 Å². The second-order valence-corrected chi connectivity index (χ2v) is 9.01. The van der Waals surface area contributed by atoms with Crippen LogP contribution in [-0.4, -0.2) is 73.4 Å². The normalized spacial score (nSPS) is 21.1. The third kappa shape index (κ3) is 5.13. The minimum atomic E-state index is -4.71. The second kappa shape index (κ2) is 9.50. The molecule has 2 aromatic carbocycles. The first-order valence-corrected chi connectivity index (χ1v) is 11.7. The van der Waals surface area contributed by atoms with Crippen molar-refractivity contribution in [2.45, 2.75) is 31.9 Å². The van der Waals surface area contributed by atoms with Crippen molar-refractivity contribution in [1.29, 1.82) is 0 Å². The molecule has 3 heterocycles. The zero-order valence-electron chi connectivity index (χ0n) is 19.1. The summed E-state index contributed by atoms with van der Waals surface area (Å²) >= 11 is 0. The Hall–Kier alpha value is -3.11. The first kappa shape index (κ1) is 23.6. The van der Waals surface area contributed by atoms with Gasteiger partial charge in [-0.05, 0) is 42.7 Å². The summed E-state index contributed by atoms with van der Waals surface area (Å²) in [5, 5.41) is 0. The molecule has 3 aliphatic heterocycles. The monoisotopic (exact) mass is 489 g/mol. The molecule has 3 aliphatic rings. The quantitative estimate of drug-likeness (QED) is 0.577. The van der Waals surface area contributed by atoms with Gasteiger partial charge in [0.05, 0.1) is 29.5 Å². The van der Waals surface area contributed by atoms with Crippen molar-refractivity contribution in [2.75, 3.05) is 44.2 Å². The first-order valence-electron chi connectivity index (χ1n) is 11.7. The molecular weight excluding hydrogens is 463 g/mol. The van der Waals surface area contributed by atoms with Crippen LogP contribution in [0.1, 0.15) is 39.1 Å². The van der Waals surface area contributed by atoms with Gasteiger partial charge in [-0.2, -0.15) is 0 Å². The Labute approximate surface area is 201 Å². The Balaban J connectivity index is 1.22. The highest BCUT2D eigenvalue weighted by Crippen LogP contribution is 2.33. The highest BCUT2D eigenvalue weighted by molar-refractivity contribution is 6.23. The van der Waals surface area contributed by atoms with E-state index in [2.05, 4.69) is 14.5 Å². The number of amides is 2. The van der Waals surface area contributed by atoms with Crippen molar-refractivity contribution < 1.29 is 32.2 Å². The molecule has 0 N–H and O–H groups in total. The van der Waals surface area contributed by atoms with E-state index in [1.165, 1.54) is 17.0 Å². The van der Waals surface area contributed by atoms with Crippen LogP contribution in [0.4, 0.5) is 18.9 Å². The Kier molecular flexibility index (Phi) is 6.41. The van der Waals surface area contributed by atoms with Crippen LogP contribution in [0.25, 0.3) is 0 Å². The first-order chi connectivity index (χ1) is 16.8. The fraction of sp³-hybridized carbons (Fsp3) is 0.440. The highest BCUT2D eigenvalue weighted by atomic mass is 19.4. The molecule has 0 radical (unpaired) electrons. The smallest absolute Gasteiger partial charge is 0.406 e. The maximum atomic E-state index is 13.2. The minimum absolute atomic E-state index is 0.0988. The van der Waals surface area contributed by atoms with Crippen LogP contribution >= 0.6 is 0 Å². The molecule has 0 unspecified atom stereocenters. The van der Waals surface area contributed by atoms with Crippen molar-refractivity contribution in [1.82, 2.24) is 9.80 Å². The fourth-order valence-electron chi connectivity index (χ4n) is 4.94. The van der Waals surface area contributed by atoms with E-state index < -0.39 is 6.36 Å². The molecule has 35 heavy (non-hydrogen) atoms. The Bertz CT molecular complexity index is 1090. The lowest BCUT2D eigenvalue weighted by Crippen LogP contribution is -2.46.